The Morgan fingerprint density at radius 2 is 2.00 bits per heavy atom. The normalized spacial score (nSPS) is 15.3. The molecule has 1 aromatic heterocycles. The monoisotopic (exact) mass is 314 g/mol. The number of hydrogen-bond donors (Lipinski definition) is 0. The second-order valence-corrected chi connectivity index (χ2v) is 6.01. The van der Waals surface area contributed by atoms with Crippen LogP contribution in [0.5, 0.6) is 5.88 Å². The highest BCUT2D eigenvalue weighted by Crippen LogP contribution is 2.23. The van der Waals surface area contributed by atoms with Crippen molar-refractivity contribution in [3.05, 3.63) is 47.7 Å². The minimum absolute atomic E-state index is 0.126. The lowest BCUT2D eigenvalue weighted by molar-refractivity contribution is 0.0654. The van der Waals surface area contributed by atoms with Crippen molar-refractivity contribution in [2.45, 2.75) is 44.8 Å². The molecule has 0 spiro atoms. The van der Waals surface area contributed by atoms with Crippen molar-refractivity contribution < 1.29 is 14.1 Å². The molecule has 0 bridgehead atoms. The Morgan fingerprint density at radius 3 is 2.74 bits per heavy atom. The van der Waals surface area contributed by atoms with Gasteiger partial charge in [0.15, 0.2) is 0 Å². The Hall–Kier alpha value is -2.30. The van der Waals surface area contributed by atoms with Crippen molar-refractivity contribution in [2.24, 2.45) is 0 Å². The van der Waals surface area contributed by atoms with Gasteiger partial charge in [-0.3, -0.25) is 4.79 Å². The molecule has 1 aliphatic carbocycles. The minimum atomic E-state index is -0.126. The summed E-state index contributed by atoms with van der Waals surface area (Å²) in [6.45, 7) is 0.402. The summed E-state index contributed by atoms with van der Waals surface area (Å²) in [5.41, 5.74) is 1.04. The summed E-state index contributed by atoms with van der Waals surface area (Å²) < 4.78 is 10.7. The van der Waals surface area contributed by atoms with E-state index in [-0.39, 0.29) is 11.7 Å². The zero-order valence-corrected chi connectivity index (χ0v) is 13.4. The van der Waals surface area contributed by atoms with Crippen LogP contribution in [0.2, 0.25) is 0 Å². The highest BCUT2D eigenvalue weighted by Gasteiger charge is 2.25. The van der Waals surface area contributed by atoms with Gasteiger partial charge < -0.3 is 14.2 Å². The molecular weight excluding hydrogens is 292 g/mol. The second-order valence-electron chi connectivity index (χ2n) is 6.01. The van der Waals surface area contributed by atoms with E-state index >= 15 is 0 Å². The molecule has 5 nitrogen and oxygen atoms in total. The molecule has 0 aliphatic heterocycles. The lowest BCUT2D eigenvalue weighted by Gasteiger charge is -2.30. The average molecular weight is 314 g/mol. The van der Waals surface area contributed by atoms with Gasteiger partial charge in [0.05, 0.1) is 6.07 Å². The minimum Gasteiger partial charge on any atom is -0.471 e. The number of carbonyl (C=O) groups is 1. The van der Waals surface area contributed by atoms with Crippen LogP contribution in [0.4, 0.5) is 0 Å². The molecule has 1 aliphatic rings. The number of aromatic nitrogens is 1. The van der Waals surface area contributed by atoms with E-state index in [1.165, 1.54) is 19.3 Å². The molecule has 1 heterocycles. The maximum absolute atomic E-state index is 12.5. The van der Waals surface area contributed by atoms with Gasteiger partial charge in [-0.25, -0.2) is 0 Å². The van der Waals surface area contributed by atoms with Crippen LogP contribution in [0.3, 0.4) is 0 Å². The van der Waals surface area contributed by atoms with Crippen molar-refractivity contribution in [1.82, 2.24) is 10.1 Å². The smallest absolute Gasteiger partial charge is 0.292 e. The Bertz CT molecular complexity index is 633. The fraction of sp³-hybridized carbons (Fsp3) is 0.444. The van der Waals surface area contributed by atoms with Crippen LogP contribution in [0.15, 0.2) is 40.9 Å². The van der Waals surface area contributed by atoms with Gasteiger partial charge in [0.25, 0.3) is 11.8 Å². The van der Waals surface area contributed by atoms with Gasteiger partial charge in [-0.15, -0.1) is 0 Å². The van der Waals surface area contributed by atoms with Crippen molar-refractivity contribution in [3.63, 3.8) is 0 Å². The lowest BCUT2D eigenvalue weighted by atomic mass is 9.94. The number of benzene rings is 1. The summed E-state index contributed by atoms with van der Waals surface area (Å²) in [5.74, 6) is 0.453. The van der Waals surface area contributed by atoms with E-state index in [0.29, 0.717) is 18.5 Å². The topological polar surface area (TPSA) is 55.6 Å². The zero-order valence-electron chi connectivity index (χ0n) is 13.4. The number of amides is 1. The molecular formula is C18H22N2O3. The fourth-order valence-corrected chi connectivity index (χ4v) is 2.97. The zero-order chi connectivity index (χ0) is 16.1. The molecule has 122 valence electrons. The SMILES string of the molecule is CN(C(=O)c1cc(OCc2ccccc2)no1)C1CCCCC1. The molecule has 1 fully saturated rings. The van der Waals surface area contributed by atoms with Crippen molar-refractivity contribution in [2.75, 3.05) is 7.05 Å². The first-order valence-corrected chi connectivity index (χ1v) is 8.14. The van der Waals surface area contributed by atoms with Crippen LogP contribution in [0.25, 0.3) is 0 Å². The Balaban J connectivity index is 1.58. The van der Waals surface area contributed by atoms with Gasteiger partial charge in [0.2, 0.25) is 5.76 Å². The average Bonchev–Trinajstić information content (AvgIpc) is 3.09. The van der Waals surface area contributed by atoms with Gasteiger partial charge >= 0.3 is 0 Å². The molecule has 3 rings (SSSR count). The number of carbonyl (C=O) groups excluding carboxylic acids is 1. The van der Waals surface area contributed by atoms with Crippen LogP contribution in [0, 0.1) is 0 Å². The Morgan fingerprint density at radius 1 is 1.26 bits per heavy atom. The standard InChI is InChI=1S/C18H22N2O3/c1-20(15-10-6-3-7-11-15)18(21)16-12-17(19-23-16)22-13-14-8-4-2-5-9-14/h2,4-5,8-9,12,15H,3,6-7,10-11,13H2,1H3. The van der Waals surface area contributed by atoms with Crippen LogP contribution >= 0.6 is 0 Å². The van der Waals surface area contributed by atoms with Gasteiger partial charge in [0.1, 0.15) is 6.61 Å². The molecule has 0 unspecified atom stereocenters. The van der Waals surface area contributed by atoms with Gasteiger partial charge in [-0.1, -0.05) is 49.6 Å². The third-order valence-corrected chi connectivity index (χ3v) is 4.37. The Labute approximate surface area is 136 Å². The molecule has 1 aromatic carbocycles. The van der Waals surface area contributed by atoms with Gasteiger partial charge in [-0.2, -0.15) is 0 Å². The van der Waals surface area contributed by atoms with E-state index in [9.17, 15) is 4.79 Å². The molecule has 1 amide bonds. The van der Waals surface area contributed by atoms with Crippen molar-refractivity contribution in [3.8, 4) is 5.88 Å². The van der Waals surface area contributed by atoms with E-state index in [1.54, 1.807) is 11.0 Å². The number of rotatable bonds is 5. The van der Waals surface area contributed by atoms with Crippen LogP contribution in [-0.2, 0) is 6.61 Å². The van der Waals surface area contributed by atoms with Crippen LogP contribution < -0.4 is 4.74 Å². The number of hydrogen-bond acceptors (Lipinski definition) is 4. The summed E-state index contributed by atoms with van der Waals surface area (Å²) in [4.78, 5) is 14.2. The fourth-order valence-electron chi connectivity index (χ4n) is 2.97. The molecule has 0 saturated heterocycles. The van der Waals surface area contributed by atoms with Crippen molar-refractivity contribution >= 4 is 5.91 Å². The summed E-state index contributed by atoms with van der Waals surface area (Å²) in [6.07, 6.45) is 5.76. The molecule has 0 atom stereocenters. The van der Waals surface area contributed by atoms with E-state index in [4.69, 9.17) is 9.26 Å². The first kappa shape index (κ1) is 15.6. The van der Waals surface area contributed by atoms with Gasteiger partial charge in [-0.05, 0) is 23.6 Å². The first-order valence-electron chi connectivity index (χ1n) is 8.14. The molecule has 23 heavy (non-hydrogen) atoms. The maximum atomic E-state index is 12.5. The van der Waals surface area contributed by atoms with E-state index in [2.05, 4.69) is 5.16 Å². The molecule has 5 heteroatoms. The molecule has 0 N–H and O–H groups in total. The highest BCUT2D eigenvalue weighted by atomic mass is 16.5. The van der Waals surface area contributed by atoms with E-state index in [1.807, 2.05) is 37.4 Å². The van der Waals surface area contributed by atoms with Crippen LogP contribution in [-0.4, -0.2) is 29.1 Å². The third kappa shape index (κ3) is 3.92. The summed E-state index contributed by atoms with van der Waals surface area (Å²) in [7, 11) is 1.84. The van der Waals surface area contributed by atoms with Crippen LogP contribution in [0.1, 0.15) is 48.2 Å². The quantitative estimate of drug-likeness (QED) is 0.845. The van der Waals surface area contributed by atoms with E-state index < -0.39 is 0 Å². The molecule has 2 aromatic rings. The largest absolute Gasteiger partial charge is 0.471 e. The third-order valence-electron chi connectivity index (χ3n) is 4.37. The predicted octanol–water partition coefficient (Wildman–Crippen LogP) is 3.66. The Kier molecular flexibility index (Phi) is 4.95. The van der Waals surface area contributed by atoms with Crippen molar-refractivity contribution in [1.29, 1.82) is 0 Å². The van der Waals surface area contributed by atoms with Gasteiger partial charge in [0, 0.05) is 13.1 Å². The molecule has 0 radical (unpaired) electrons. The number of ether oxygens (including phenoxy) is 1. The maximum Gasteiger partial charge on any atom is 0.292 e. The first-order chi connectivity index (χ1) is 11.2. The molecule has 1 saturated carbocycles. The van der Waals surface area contributed by atoms with E-state index in [0.717, 1.165) is 18.4 Å². The second kappa shape index (κ2) is 7.31. The number of nitrogens with zero attached hydrogens (tertiary/aromatic N) is 2. The summed E-state index contributed by atoms with van der Waals surface area (Å²) >= 11 is 0. The lowest BCUT2D eigenvalue weighted by Crippen LogP contribution is -2.38. The summed E-state index contributed by atoms with van der Waals surface area (Å²) in [6, 6.07) is 11.7. The summed E-state index contributed by atoms with van der Waals surface area (Å²) in [5, 5.41) is 3.84. The highest BCUT2D eigenvalue weighted by molar-refractivity contribution is 5.91. The predicted molar refractivity (Wildman–Crippen MR) is 86.2 cm³/mol.